The van der Waals surface area contributed by atoms with E-state index in [-0.39, 0.29) is 0 Å². The Bertz CT molecular complexity index is 316. The van der Waals surface area contributed by atoms with Gasteiger partial charge in [-0.2, -0.15) is 0 Å². The number of rotatable bonds is 2. The van der Waals surface area contributed by atoms with Gasteiger partial charge in [-0.1, -0.05) is 0 Å². The number of benzene rings is 2. The van der Waals surface area contributed by atoms with Crippen molar-refractivity contribution in [3.63, 3.8) is 0 Å². The SMILES string of the molecule is c1cc[c]([Ca][c]2ccccc2)cc1. The summed E-state index contributed by atoms with van der Waals surface area (Å²) in [7, 11) is 0. The van der Waals surface area contributed by atoms with Gasteiger partial charge in [0.15, 0.2) is 0 Å². The molecule has 0 spiro atoms. The second-order valence-corrected chi connectivity index (χ2v) is 6.25. The van der Waals surface area contributed by atoms with Crippen LogP contribution in [0.4, 0.5) is 0 Å². The third-order valence-electron chi connectivity index (χ3n) is 2.09. The summed E-state index contributed by atoms with van der Waals surface area (Å²) < 4.78 is 3.11. The Balaban J connectivity index is 2.16. The van der Waals surface area contributed by atoms with Crippen LogP contribution >= 0.6 is 0 Å². The Morgan fingerprint density at radius 1 is 0.538 bits per heavy atom. The molecule has 0 fully saturated rings. The Kier molecular flexibility index (Phi) is 3.42. The summed E-state index contributed by atoms with van der Waals surface area (Å²) in [6, 6.07) is 21.6. The van der Waals surface area contributed by atoms with Crippen molar-refractivity contribution in [2.45, 2.75) is 0 Å². The average Bonchev–Trinajstić information content (AvgIpc) is 2.21. The molecule has 0 N–H and O–H groups in total. The van der Waals surface area contributed by atoms with Crippen LogP contribution in [0.15, 0.2) is 60.7 Å². The summed E-state index contributed by atoms with van der Waals surface area (Å²) in [4.78, 5) is 0. The molecule has 0 saturated carbocycles. The quantitative estimate of drug-likeness (QED) is 0.633. The molecule has 0 aliphatic carbocycles. The van der Waals surface area contributed by atoms with Crippen molar-refractivity contribution in [3.05, 3.63) is 60.7 Å². The first-order valence-electron chi connectivity index (χ1n) is 4.53. The van der Waals surface area contributed by atoms with E-state index >= 15 is 0 Å². The summed E-state index contributed by atoms with van der Waals surface area (Å²) in [6.07, 6.45) is 0. The van der Waals surface area contributed by atoms with Gasteiger partial charge in [-0.3, -0.25) is 0 Å². The monoisotopic (exact) mass is 194 g/mol. The zero-order valence-corrected chi connectivity index (χ0v) is 9.69. The molecule has 2 aromatic rings. The van der Waals surface area contributed by atoms with Gasteiger partial charge in [-0.15, -0.1) is 0 Å². The summed E-state index contributed by atoms with van der Waals surface area (Å²) in [5.74, 6) is 0. The van der Waals surface area contributed by atoms with Crippen LogP contribution in [0, 0.1) is 0 Å². The van der Waals surface area contributed by atoms with Crippen molar-refractivity contribution in [2.75, 3.05) is 0 Å². The molecule has 0 saturated heterocycles. The molecule has 0 amide bonds. The van der Waals surface area contributed by atoms with Gasteiger partial charge in [0.1, 0.15) is 0 Å². The van der Waals surface area contributed by atoms with Gasteiger partial charge in [0.2, 0.25) is 0 Å². The van der Waals surface area contributed by atoms with Gasteiger partial charge >= 0.3 is 97.8 Å². The average molecular weight is 194 g/mol. The Morgan fingerprint density at radius 3 is 1.31 bits per heavy atom. The van der Waals surface area contributed by atoms with Gasteiger partial charge in [0, 0.05) is 0 Å². The van der Waals surface area contributed by atoms with E-state index < -0.39 is 33.8 Å². The van der Waals surface area contributed by atoms with Crippen LogP contribution in [-0.2, 0) is 0 Å². The molecule has 2 aromatic carbocycles. The Morgan fingerprint density at radius 2 is 0.923 bits per heavy atom. The Labute approximate surface area is 96.9 Å². The van der Waals surface area contributed by atoms with Crippen LogP contribution in [-0.4, -0.2) is 33.8 Å². The summed E-state index contributed by atoms with van der Waals surface area (Å²) in [5, 5.41) is 0. The van der Waals surface area contributed by atoms with Crippen LogP contribution < -0.4 is 3.32 Å². The molecular weight excluding hydrogens is 184 g/mol. The van der Waals surface area contributed by atoms with Crippen LogP contribution in [0.3, 0.4) is 0 Å². The maximum atomic E-state index is 2.24. The third kappa shape index (κ3) is 2.84. The van der Waals surface area contributed by atoms with Crippen molar-refractivity contribution in [2.24, 2.45) is 0 Å². The van der Waals surface area contributed by atoms with E-state index in [9.17, 15) is 0 Å². The molecular formula is C12H10Ca. The first-order valence-corrected chi connectivity index (χ1v) is 6.74. The fourth-order valence-corrected chi connectivity index (χ4v) is 3.75. The molecule has 0 nitrogen and oxygen atoms in total. The molecule has 0 heterocycles. The van der Waals surface area contributed by atoms with Gasteiger partial charge in [-0.05, 0) is 0 Å². The van der Waals surface area contributed by atoms with Crippen molar-refractivity contribution in [1.82, 2.24) is 0 Å². The second-order valence-electron chi connectivity index (χ2n) is 3.15. The van der Waals surface area contributed by atoms with Crippen LogP contribution in [0.25, 0.3) is 0 Å². The molecule has 0 aromatic heterocycles. The number of hydrogen-bond donors (Lipinski definition) is 0. The van der Waals surface area contributed by atoms with Crippen molar-refractivity contribution in [3.8, 4) is 0 Å². The van der Waals surface area contributed by atoms with Gasteiger partial charge < -0.3 is 0 Å². The molecule has 0 atom stereocenters. The first kappa shape index (κ1) is 9.26. The van der Waals surface area contributed by atoms with E-state index in [0.29, 0.717) is 0 Å². The van der Waals surface area contributed by atoms with E-state index in [4.69, 9.17) is 0 Å². The van der Waals surface area contributed by atoms with E-state index in [2.05, 4.69) is 60.7 Å². The van der Waals surface area contributed by atoms with Gasteiger partial charge in [0.05, 0.1) is 0 Å². The molecule has 2 rings (SSSR count). The molecule has 1 heteroatoms. The second kappa shape index (κ2) is 4.80. The maximum absolute atomic E-state index is 2.24. The zero-order chi connectivity index (χ0) is 8.93. The molecule has 0 aliphatic heterocycles. The summed E-state index contributed by atoms with van der Waals surface area (Å²) in [5.41, 5.74) is 0. The minimum absolute atomic E-state index is 0.676. The van der Waals surface area contributed by atoms with Crippen molar-refractivity contribution < 1.29 is 0 Å². The summed E-state index contributed by atoms with van der Waals surface area (Å²) >= 11 is -0.676. The first-order chi connectivity index (χ1) is 6.45. The van der Waals surface area contributed by atoms with Crippen LogP contribution in [0.1, 0.15) is 0 Å². The van der Waals surface area contributed by atoms with E-state index in [0.717, 1.165) is 0 Å². The standard InChI is InChI=1S/2C6H5.Ca/c2*1-2-4-6-5-3-1;/h2*1-5H;. The minimum atomic E-state index is -0.676. The third-order valence-corrected chi connectivity index (χ3v) is 4.84. The van der Waals surface area contributed by atoms with Gasteiger partial charge in [-0.25, -0.2) is 0 Å². The van der Waals surface area contributed by atoms with Crippen LogP contribution in [0.2, 0.25) is 0 Å². The molecule has 60 valence electrons. The molecule has 13 heavy (non-hydrogen) atoms. The van der Waals surface area contributed by atoms with E-state index in [1.165, 1.54) is 0 Å². The summed E-state index contributed by atoms with van der Waals surface area (Å²) in [6.45, 7) is 0. The predicted octanol–water partition coefficient (Wildman–Crippen LogP) is 1.34. The Hall–Kier alpha value is -0.300. The normalized spacial score (nSPS) is 9.23. The topological polar surface area (TPSA) is 0 Å². The van der Waals surface area contributed by atoms with Gasteiger partial charge in [0.25, 0.3) is 0 Å². The van der Waals surface area contributed by atoms with Crippen molar-refractivity contribution in [1.29, 1.82) is 0 Å². The molecule has 0 bridgehead atoms. The molecule has 0 aliphatic rings. The van der Waals surface area contributed by atoms with Crippen LogP contribution in [0.5, 0.6) is 0 Å². The fourth-order valence-electron chi connectivity index (χ4n) is 1.43. The van der Waals surface area contributed by atoms with E-state index in [1.54, 1.807) is 3.32 Å². The fraction of sp³-hybridized carbons (Fsp3) is 0. The predicted molar refractivity (Wildman–Crippen MR) is 57.9 cm³/mol. The van der Waals surface area contributed by atoms with Crippen molar-refractivity contribution >= 4 is 37.2 Å². The van der Waals surface area contributed by atoms with E-state index in [1.807, 2.05) is 0 Å². The molecule has 0 radical (unpaired) electrons. The zero-order valence-electron chi connectivity index (χ0n) is 7.48. The molecule has 0 unspecified atom stereocenters. The number of hydrogen-bond acceptors (Lipinski definition) is 0.